The molecule has 6 heteroatoms. The van der Waals surface area contributed by atoms with Crippen molar-refractivity contribution < 1.29 is 14.2 Å². The molecule has 0 saturated heterocycles. The zero-order valence-corrected chi connectivity index (χ0v) is 8.96. The zero-order chi connectivity index (χ0) is 11.3. The van der Waals surface area contributed by atoms with E-state index in [9.17, 15) is 9.50 Å². The molecule has 15 heavy (non-hydrogen) atoms. The first-order chi connectivity index (χ1) is 7.13. The van der Waals surface area contributed by atoms with Gasteiger partial charge in [0, 0.05) is 19.9 Å². The second-order valence-electron chi connectivity index (χ2n) is 2.97. The molecule has 1 heterocycles. The summed E-state index contributed by atoms with van der Waals surface area (Å²) in [6.45, 7) is 0.349. The van der Waals surface area contributed by atoms with Gasteiger partial charge >= 0.3 is 0 Å². The Bertz CT molecular complexity index is 325. The van der Waals surface area contributed by atoms with E-state index in [1.54, 1.807) is 0 Å². The normalized spacial score (nSPS) is 12.5. The highest BCUT2D eigenvalue weighted by atomic mass is 35.5. The molecule has 0 amide bonds. The summed E-state index contributed by atoms with van der Waals surface area (Å²) in [6.07, 6.45) is 0.627. The SMILES string of the molecule is COCC(O)CNc1ncc(Cl)cc1F. The lowest BCUT2D eigenvalue weighted by atomic mass is 10.3. The second kappa shape index (κ2) is 5.85. The van der Waals surface area contributed by atoms with Crippen molar-refractivity contribution in [1.82, 2.24) is 4.98 Å². The number of nitrogens with one attached hydrogen (secondary N) is 1. The van der Waals surface area contributed by atoms with Crippen LogP contribution in [-0.4, -0.2) is 36.5 Å². The Kier molecular flexibility index (Phi) is 4.74. The van der Waals surface area contributed by atoms with Crippen LogP contribution in [-0.2, 0) is 4.74 Å². The summed E-state index contributed by atoms with van der Waals surface area (Å²) in [5.74, 6) is -0.485. The summed E-state index contributed by atoms with van der Waals surface area (Å²) >= 11 is 5.53. The number of nitrogens with zero attached hydrogens (tertiary/aromatic N) is 1. The predicted molar refractivity (Wildman–Crippen MR) is 55.6 cm³/mol. The molecule has 0 saturated carbocycles. The monoisotopic (exact) mass is 234 g/mol. The fourth-order valence-corrected chi connectivity index (χ4v) is 1.16. The van der Waals surface area contributed by atoms with Gasteiger partial charge in [0.25, 0.3) is 0 Å². The standard InChI is InChI=1S/C9H12ClFN2O2/c1-15-5-7(14)4-13-9-8(11)2-6(10)3-12-9/h2-3,7,14H,4-5H2,1H3,(H,12,13). The molecule has 0 radical (unpaired) electrons. The van der Waals surface area contributed by atoms with Gasteiger partial charge in [0.15, 0.2) is 11.6 Å². The number of aromatic nitrogens is 1. The van der Waals surface area contributed by atoms with Crippen LogP contribution in [0.25, 0.3) is 0 Å². The molecule has 1 aromatic heterocycles. The van der Waals surface area contributed by atoms with E-state index in [4.69, 9.17) is 16.3 Å². The average Bonchev–Trinajstić information content (AvgIpc) is 2.17. The van der Waals surface area contributed by atoms with Gasteiger partial charge in [-0.15, -0.1) is 0 Å². The molecule has 2 N–H and O–H groups in total. The molecule has 0 aromatic carbocycles. The van der Waals surface area contributed by atoms with Gasteiger partial charge in [0.1, 0.15) is 0 Å². The Morgan fingerprint density at radius 2 is 2.47 bits per heavy atom. The first-order valence-electron chi connectivity index (χ1n) is 4.35. The quantitative estimate of drug-likeness (QED) is 0.806. The lowest BCUT2D eigenvalue weighted by molar-refractivity contribution is 0.0727. The van der Waals surface area contributed by atoms with Gasteiger partial charge in [-0.3, -0.25) is 0 Å². The molecule has 0 aliphatic carbocycles. The number of aliphatic hydroxyl groups excluding tert-OH is 1. The Labute approximate surface area is 92.0 Å². The number of pyridine rings is 1. The van der Waals surface area contributed by atoms with Crippen molar-refractivity contribution in [3.63, 3.8) is 0 Å². The van der Waals surface area contributed by atoms with Crippen LogP contribution in [0.4, 0.5) is 10.2 Å². The third-order valence-electron chi connectivity index (χ3n) is 1.67. The predicted octanol–water partition coefficient (Wildman–Crippen LogP) is 1.29. The molecule has 84 valence electrons. The van der Waals surface area contributed by atoms with Gasteiger partial charge in [-0.25, -0.2) is 9.37 Å². The van der Waals surface area contributed by atoms with Gasteiger partial charge in [-0.05, 0) is 6.07 Å². The molecule has 1 rings (SSSR count). The van der Waals surface area contributed by atoms with E-state index in [0.717, 1.165) is 6.07 Å². The molecule has 4 nitrogen and oxygen atoms in total. The lowest BCUT2D eigenvalue weighted by Crippen LogP contribution is -2.24. The van der Waals surface area contributed by atoms with Crippen molar-refractivity contribution >= 4 is 17.4 Å². The van der Waals surface area contributed by atoms with E-state index in [1.807, 2.05) is 0 Å². The van der Waals surface area contributed by atoms with Gasteiger partial charge in [0.2, 0.25) is 0 Å². The summed E-state index contributed by atoms with van der Waals surface area (Å²) in [5.41, 5.74) is 0. The number of anilines is 1. The van der Waals surface area contributed by atoms with E-state index in [1.165, 1.54) is 13.3 Å². The summed E-state index contributed by atoms with van der Waals surface area (Å²) in [4.78, 5) is 3.74. The number of hydrogen-bond donors (Lipinski definition) is 2. The Morgan fingerprint density at radius 3 is 3.07 bits per heavy atom. The van der Waals surface area contributed by atoms with Gasteiger partial charge in [-0.1, -0.05) is 11.6 Å². The third kappa shape index (κ3) is 3.99. The molecule has 0 bridgehead atoms. The van der Waals surface area contributed by atoms with E-state index in [0.29, 0.717) is 0 Å². The minimum Gasteiger partial charge on any atom is -0.389 e. The van der Waals surface area contributed by atoms with Crippen molar-refractivity contribution in [3.8, 4) is 0 Å². The molecular weight excluding hydrogens is 223 g/mol. The minimum absolute atomic E-state index is 0.0644. The number of methoxy groups -OCH3 is 1. The maximum atomic E-state index is 13.2. The molecule has 1 atom stereocenters. The van der Waals surface area contributed by atoms with Crippen LogP contribution in [0.2, 0.25) is 5.02 Å². The maximum Gasteiger partial charge on any atom is 0.166 e. The Morgan fingerprint density at radius 1 is 1.73 bits per heavy atom. The molecule has 0 aliphatic heterocycles. The Balaban J connectivity index is 2.50. The van der Waals surface area contributed by atoms with Crippen LogP contribution >= 0.6 is 11.6 Å². The van der Waals surface area contributed by atoms with Crippen molar-refractivity contribution in [2.75, 3.05) is 25.6 Å². The number of rotatable bonds is 5. The summed E-state index contributed by atoms with van der Waals surface area (Å²) < 4.78 is 17.9. The lowest BCUT2D eigenvalue weighted by Gasteiger charge is -2.11. The smallest absolute Gasteiger partial charge is 0.166 e. The van der Waals surface area contributed by atoms with Gasteiger partial charge < -0.3 is 15.2 Å². The molecule has 0 fully saturated rings. The minimum atomic E-state index is -0.702. The van der Waals surface area contributed by atoms with Crippen molar-refractivity contribution in [2.45, 2.75) is 6.10 Å². The highest BCUT2D eigenvalue weighted by molar-refractivity contribution is 6.30. The number of hydrogen-bond acceptors (Lipinski definition) is 4. The highest BCUT2D eigenvalue weighted by Gasteiger charge is 2.07. The number of halogens is 2. The zero-order valence-electron chi connectivity index (χ0n) is 8.20. The van der Waals surface area contributed by atoms with Crippen LogP contribution < -0.4 is 5.32 Å². The Hall–Kier alpha value is -0.910. The molecule has 1 aromatic rings. The van der Waals surface area contributed by atoms with E-state index >= 15 is 0 Å². The van der Waals surface area contributed by atoms with Crippen molar-refractivity contribution in [2.24, 2.45) is 0 Å². The maximum absolute atomic E-state index is 13.2. The topological polar surface area (TPSA) is 54.4 Å². The summed E-state index contributed by atoms with van der Waals surface area (Å²) in [5, 5.41) is 12.2. The fourth-order valence-electron chi connectivity index (χ4n) is 1.01. The number of ether oxygens (including phenoxy) is 1. The van der Waals surface area contributed by atoms with Crippen LogP contribution in [0.5, 0.6) is 0 Å². The molecule has 1 unspecified atom stereocenters. The average molecular weight is 235 g/mol. The fraction of sp³-hybridized carbons (Fsp3) is 0.444. The van der Waals surface area contributed by atoms with Crippen LogP contribution in [0, 0.1) is 5.82 Å². The first-order valence-corrected chi connectivity index (χ1v) is 4.73. The summed E-state index contributed by atoms with van der Waals surface area (Å²) in [7, 11) is 1.48. The van der Waals surface area contributed by atoms with E-state index in [2.05, 4.69) is 10.3 Å². The van der Waals surface area contributed by atoms with Crippen LogP contribution in [0.15, 0.2) is 12.3 Å². The largest absolute Gasteiger partial charge is 0.389 e. The second-order valence-corrected chi connectivity index (χ2v) is 3.41. The van der Waals surface area contributed by atoms with Crippen LogP contribution in [0.1, 0.15) is 0 Å². The third-order valence-corrected chi connectivity index (χ3v) is 1.88. The van der Waals surface area contributed by atoms with Crippen molar-refractivity contribution in [3.05, 3.63) is 23.1 Å². The molecular formula is C9H12ClFN2O2. The van der Waals surface area contributed by atoms with Gasteiger partial charge in [0.05, 0.1) is 17.7 Å². The van der Waals surface area contributed by atoms with Crippen molar-refractivity contribution in [1.29, 1.82) is 0 Å². The first kappa shape index (κ1) is 12.2. The molecule has 0 spiro atoms. The highest BCUT2D eigenvalue weighted by Crippen LogP contribution is 2.15. The van der Waals surface area contributed by atoms with Gasteiger partial charge in [-0.2, -0.15) is 0 Å². The number of aliphatic hydroxyl groups is 1. The van der Waals surface area contributed by atoms with E-state index < -0.39 is 11.9 Å². The summed E-state index contributed by atoms with van der Waals surface area (Å²) in [6, 6.07) is 1.15. The molecule has 0 aliphatic rings. The van der Waals surface area contributed by atoms with E-state index in [-0.39, 0.29) is 24.0 Å². The van der Waals surface area contributed by atoms with Crippen LogP contribution in [0.3, 0.4) is 0 Å².